The van der Waals surface area contributed by atoms with E-state index >= 15 is 0 Å². The number of cyclic esters (lactones) is 1. The van der Waals surface area contributed by atoms with E-state index in [1.165, 1.54) is 12.0 Å². The Bertz CT molecular complexity index is 1900. The van der Waals surface area contributed by atoms with E-state index in [0.29, 0.717) is 70.2 Å². The molecule has 2 bridgehead atoms. The van der Waals surface area contributed by atoms with Gasteiger partial charge in [-0.15, -0.1) is 0 Å². The van der Waals surface area contributed by atoms with Crippen LogP contribution in [-0.4, -0.2) is 149 Å². The Kier molecular flexibility index (Phi) is 27.1. The van der Waals surface area contributed by atoms with E-state index in [4.69, 9.17) is 28.4 Å². The van der Waals surface area contributed by atoms with E-state index in [1.54, 1.807) is 34.0 Å². The highest BCUT2D eigenvalue weighted by molar-refractivity contribution is 14.1. The highest BCUT2D eigenvalue weighted by Gasteiger charge is 2.53. The van der Waals surface area contributed by atoms with E-state index in [-0.39, 0.29) is 73.9 Å². The minimum atomic E-state index is -2.46. The number of carbonyl (C=O) groups excluding carboxylic acids is 5. The van der Waals surface area contributed by atoms with Crippen molar-refractivity contribution in [2.75, 3.05) is 45.0 Å². The first-order valence-electron chi connectivity index (χ1n) is 27.2. The molecule has 0 aromatic carbocycles. The topological polar surface area (TPSA) is 205 Å². The third-order valence-electron chi connectivity index (χ3n) is 15.7. The molecule has 3 aliphatic heterocycles. The molecule has 16 heteroatoms. The quantitative estimate of drug-likeness (QED) is 0.0375. The van der Waals surface area contributed by atoms with Gasteiger partial charge in [-0.1, -0.05) is 93.7 Å². The highest BCUT2D eigenvalue weighted by atomic mass is 127. The fraction of sp³-hybridized carbons (Fsp3) is 0.772. The smallest absolute Gasteiger partial charge is 0.329 e. The lowest BCUT2D eigenvalue weighted by Crippen LogP contribution is -2.61. The Morgan fingerprint density at radius 1 is 0.849 bits per heavy atom. The van der Waals surface area contributed by atoms with Crippen LogP contribution in [0.5, 0.6) is 0 Å². The number of amides is 1. The van der Waals surface area contributed by atoms with Gasteiger partial charge < -0.3 is 48.6 Å². The molecule has 4 aliphatic rings. The molecule has 2 unspecified atom stereocenters. The second kappa shape index (κ2) is 31.5. The number of ether oxygens (including phenoxy) is 6. The van der Waals surface area contributed by atoms with Gasteiger partial charge in [0, 0.05) is 75.6 Å². The van der Waals surface area contributed by atoms with Crippen LogP contribution in [0.25, 0.3) is 0 Å². The van der Waals surface area contributed by atoms with Gasteiger partial charge in [0.25, 0.3) is 11.7 Å². The van der Waals surface area contributed by atoms with Gasteiger partial charge in [0.1, 0.15) is 30.1 Å². The number of rotatable bonds is 14. The molecule has 3 N–H and O–H groups in total. The summed E-state index contributed by atoms with van der Waals surface area (Å²) in [5, 5.41) is 33.1. The van der Waals surface area contributed by atoms with Crippen molar-refractivity contribution >= 4 is 51.8 Å². The molecule has 15 atom stereocenters. The largest absolute Gasteiger partial charge is 0.460 e. The minimum absolute atomic E-state index is 0.00128. The van der Waals surface area contributed by atoms with Crippen LogP contribution in [0.3, 0.4) is 0 Å². The summed E-state index contributed by atoms with van der Waals surface area (Å²) in [5.74, 6) is -7.92. The van der Waals surface area contributed by atoms with Crippen LogP contribution >= 0.6 is 22.6 Å². The van der Waals surface area contributed by atoms with Crippen LogP contribution in [0, 0.1) is 35.5 Å². The number of esters is 1. The number of ketones is 3. The Morgan fingerprint density at radius 2 is 1.59 bits per heavy atom. The second-order valence-corrected chi connectivity index (χ2v) is 22.6. The predicted octanol–water partition coefficient (Wildman–Crippen LogP) is 8.17. The summed E-state index contributed by atoms with van der Waals surface area (Å²) in [6.45, 7) is 13.9. The third kappa shape index (κ3) is 18.5. The van der Waals surface area contributed by atoms with Gasteiger partial charge in [-0.3, -0.25) is 19.2 Å². The molecule has 0 aromatic heterocycles. The van der Waals surface area contributed by atoms with Crippen molar-refractivity contribution in [1.82, 2.24) is 4.90 Å². The number of Topliss-reactive ketones (excluding diaryl/α,β-unsaturated/α-hetero) is 3. The lowest BCUT2D eigenvalue weighted by molar-refractivity contribution is -0.266. The molecule has 1 saturated carbocycles. The average molecular weight is 1140 g/mol. The number of piperidine rings is 1. The summed E-state index contributed by atoms with van der Waals surface area (Å²) in [6.07, 6.45) is 14.6. The number of fused-ring (bicyclic) bond motifs is 3. The molecule has 73 heavy (non-hydrogen) atoms. The first-order valence-corrected chi connectivity index (χ1v) is 28.7. The number of carbonyl (C=O) groups is 5. The summed E-state index contributed by atoms with van der Waals surface area (Å²) in [6, 6.07) is -1.15. The number of halogens is 1. The molecule has 1 aliphatic carbocycles. The molecule has 0 radical (unpaired) electrons. The van der Waals surface area contributed by atoms with Gasteiger partial charge in [0.15, 0.2) is 5.78 Å². The van der Waals surface area contributed by atoms with Crippen molar-refractivity contribution in [3.8, 4) is 0 Å². The van der Waals surface area contributed by atoms with Crippen LogP contribution in [0.4, 0.5) is 0 Å². The van der Waals surface area contributed by atoms with Crippen molar-refractivity contribution < 1.29 is 67.7 Å². The molecular formula is C57H90INO14. The van der Waals surface area contributed by atoms with Gasteiger partial charge in [-0.2, -0.15) is 0 Å². The summed E-state index contributed by atoms with van der Waals surface area (Å²) in [5.41, 5.74) is 1.26. The number of nitrogens with zero attached hydrogens (tertiary/aromatic N) is 1. The van der Waals surface area contributed by atoms with Crippen molar-refractivity contribution in [2.45, 2.75) is 199 Å². The SMILES string of the molecule is CO[C@@H]1C[C@H](CC(C)C2CC(=O)[C@H](C)/C=C(\C)[C@@H](O)[C@@H](OC)C(=O)[C@H](C)C[C@H](C)/C=C/C=C/C=C(\C)[C@@H](OCCCCO)C[C@@H]3CC[C@@H](C)[C@@](O)(O3)C(=O)C(=O)N3CCCC[C@H]3C(=O)O2)CC[C@H]1OCCCI. The number of methoxy groups -OCH3 is 2. The lowest BCUT2D eigenvalue weighted by atomic mass is 9.78. The maximum Gasteiger partial charge on any atom is 0.329 e. The summed E-state index contributed by atoms with van der Waals surface area (Å²) >= 11 is 2.34. The number of aliphatic hydroxyl groups excluding tert-OH is 2. The van der Waals surface area contributed by atoms with Crippen LogP contribution in [0.15, 0.2) is 47.6 Å². The first kappa shape index (κ1) is 62.9. The minimum Gasteiger partial charge on any atom is -0.460 e. The fourth-order valence-corrected chi connectivity index (χ4v) is 11.2. The van der Waals surface area contributed by atoms with Crippen LogP contribution in [-0.2, 0) is 52.4 Å². The van der Waals surface area contributed by atoms with Gasteiger partial charge in [0.05, 0.1) is 24.4 Å². The van der Waals surface area contributed by atoms with Crippen molar-refractivity contribution in [1.29, 1.82) is 0 Å². The standard InChI is InChI=1S/C57H90INO14/c1-36-18-11-10-12-19-37(2)48(71-28-16-15-27-60)34-44-23-21-42(7)57(67,73-44)54(64)55(65)59-26-14-13-20-45(59)56(66)72-49(39(4)32-43-22-24-47(50(33-43)68-8)70-29-17-25-58)35-46(61)38(3)31-41(6)52(63)53(69-9)51(62)40(5)30-36/h10-12,18-19,31,36,38-40,42-45,47-50,52-53,60,63,67H,13-17,20-30,32-35H2,1-9H3/b12-10+,18-11+,37-19+,41-31+/t36-,38-,39?,40-,42-,43+,44+,45+,47-,48+,49?,50-,52-,53+,57-/m1/s1. The van der Waals surface area contributed by atoms with E-state index < -0.39 is 77.8 Å². The normalized spacial score (nSPS) is 37.3. The molecule has 0 aromatic rings. The maximum atomic E-state index is 14.6. The zero-order valence-electron chi connectivity index (χ0n) is 45.3. The fourth-order valence-electron chi connectivity index (χ4n) is 10.9. The van der Waals surface area contributed by atoms with Gasteiger partial charge in [-0.25, -0.2) is 4.79 Å². The zero-order chi connectivity index (χ0) is 53.8. The third-order valence-corrected chi connectivity index (χ3v) is 16.4. The molecule has 414 valence electrons. The molecular weight excluding hydrogens is 1050 g/mol. The Morgan fingerprint density at radius 3 is 2.29 bits per heavy atom. The van der Waals surface area contributed by atoms with Gasteiger partial charge in [0.2, 0.25) is 5.79 Å². The Labute approximate surface area is 449 Å². The van der Waals surface area contributed by atoms with E-state index in [1.807, 2.05) is 58.1 Å². The zero-order valence-corrected chi connectivity index (χ0v) is 47.5. The molecule has 0 spiro atoms. The number of hydrogen-bond acceptors (Lipinski definition) is 14. The van der Waals surface area contributed by atoms with Gasteiger partial charge >= 0.3 is 5.97 Å². The maximum absolute atomic E-state index is 14.6. The molecule has 15 nitrogen and oxygen atoms in total. The lowest BCUT2D eigenvalue weighted by Gasteiger charge is -2.43. The molecule has 2 saturated heterocycles. The summed E-state index contributed by atoms with van der Waals surface area (Å²) in [7, 11) is 3.08. The molecule has 1 amide bonds. The molecule has 3 fully saturated rings. The second-order valence-electron chi connectivity index (χ2n) is 21.5. The molecule has 3 heterocycles. The number of hydrogen-bond donors (Lipinski definition) is 3. The first-order chi connectivity index (χ1) is 34.8. The van der Waals surface area contributed by atoms with Crippen molar-refractivity contribution in [3.05, 3.63) is 47.6 Å². The Balaban J connectivity index is 1.71. The van der Waals surface area contributed by atoms with Crippen LogP contribution < -0.4 is 0 Å². The van der Waals surface area contributed by atoms with Crippen molar-refractivity contribution in [3.63, 3.8) is 0 Å². The van der Waals surface area contributed by atoms with Gasteiger partial charge in [-0.05, 0) is 126 Å². The summed E-state index contributed by atoms with van der Waals surface area (Å²) in [4.78, 5) is 72.8. The number of unbranched alkanes of at least 4 members (excludes halogenated alkanes) is 1. The average Bonchev–Trinajstić information content (AvgIpc) is 3.37. The van der Waals surface area contributed by atoms with E-state index in [0.717, 1.165) is 35.7 Å². The van der Waals surface area contributed by atoms with E-state index in [9.17, 15) is 39.3 Å². The summed E-state index contributed by atoms with van der Waals surface area (Å²) < 4.78 is 37.7. The number of alkyl halides is 1. The number of allylic oxidation sites excluding steroid dienone is 6. The van der Waals surface area contributed by atoms with Crippen LogP contribution in [0.1, 0.15) is 145 Å². The van der Waals surface area contributed by atoms with Crippen molar-refractivity contribution in [2.24, 2.45) is 35.5 Å². The van der Waals surface area contributed by atoms with E-state index in [2.05, 4.69) is 22.6 Å². The highest BCUT2D eigenvalue weighted by Crippen LogP contribution is 2.38. The molecule has 4 rings (SSSR count). The number of aliphatic hydroxyl groups is 3. The van der Waals surface area contributed by atoms with Crippen LogP contribution in [0.2, 0.25) is 0 Å². The Hall–Kier alpha value is -2.68. The predicted molar refractivity (Wildman–Crippen MR) is 288 cm³/mol. The monoisotopic (exact) mass is 1140 g/mol.